The molecule has 3 aromatic rings. The highest BCUT2D eigenvalue weighted by Gasteiger charge is 2.10. The van der Waals surface area contributed by atoms with Gasteiger partial charge in [-0.2, -0.15) is 9.78 Å². The highest BCUT2D eigenvalue weighted by atomic mass is 16.5. The zero-order valence-electron chi connectivity index (χ0n) is 12.7. The lowest BCUT2D eigenvalue weighted by Crippen LogP contribution is -2.06. The van der Waals surface area contributed by atoms with E-state index in [0.717, 1.165) is 22.7 Å². The van der Waals surface area contributed by atoms with Crippen LogP contribution >= 0.6 is 0 Å². The highest BCUT2D eigenvalue weighted by molar-refractivity contribution is 5.62. The zero-order valence-corrected chi connectivity index (χ0v) is 12.7. The third-order valence-corrected chi connectivity index (χ3v) is 3.29. The molecule has 0 unspecified atom stereocenters. The summed E-state index contributed by atoms with van der Waals surface area (Å²) < 4.78 is 6.80. The summed E-state index contributed by atoms with van der Waals surface area (Å²) in [6.45, 7) is 3.74. The van der Waals surface area contributed by atoms with Gasteiger partial charge in [-0.15, -0.1) is 0 Å². The van der Waals surface area contributed by atoms with Crippen LogP contribution in [0.3, 0.4) is 0 Å². The summed E-state index contributed by atoms with van der Waals surface area (Å²) in [5.41, 5.74) is 8.62. The van der Waals surface area contributed by atoms with Gasteiger partial charge in [0, 0.05) is 17.7 Å². The van der Waals surface area contributed by atoms with Crippen LogP contribution in [-0.4, -0.2) is 26.9 Å². The number of hydrogen-bond acceptors (Lipinski definition) is 5. The minimum atomic E-state index is 0.552. The smallest absolute Gasteiger partial charge is 0.159 e. The lowest BCUT2D eigenvalue weighted by molar-refractivity contribution is 0.415. The number of benzene rings is 1. The molecule has 0 atom stereocenters. The fourth-order valence-electron chi connectivity index (χ4n) is 2.27. The number of ether oxygens (including phenoxy) is 1. The van der Waals surface area contributed by atoms with Gasteiger partial charge in [0.25, 0.3) is 0 Å². The van der Waals surface area contributed by atoms with E-state index in [0.29, 0.717) is 17.5 Å². The molecule has 22 heavy (non-hydrogen) atoms. The van der Waals surface area contributed by atoms with Crippen LogP contribution in [0.1, 0.15) is 11.5 Å². The Bertz CT molecular complexity index is 808. The first-order valence-corrected chi connectivity index (χ1v) is 6.89. The standard InChI is InChI=1S/C16H17N5O/c1-10-8-15(17)21(20-10)16-9-14(18-11(2)19-16)12-4-6-13(22-3)7-5-12/h4-9H,17H2,1-3H3. The maximum Gasteiger partial charge on any atom is 0.159 e. The number of hydrogen-bond donors (Lipinski definition) is 1. The van der Waals surface area contributed by atoms with Crippen LogP contribution in [0.15, 0.2) is 36.4 Å². The van der Waals surface area contributed by atoms with E-state index in [1.54, 1.807) is 11.8 Å². The average molecular weight is 295 g/mol. The molecule has 0 bridgehead atoms. The molecular weight excluding hydrogens is 278 g/mol. The molecule has 0 saturated heterocycles. The third kappa shape index (κ3) is 2.63. The van der Waals surface area contributed by atoms with E-state index in [2.05, 4.69) is 15.1 Å². The van der Waals surface area contributed by atoms with Gasteiger partial charge in [0.15, 0.2) is 5.82 Å². The molecule has 0 amide bonds. The van der Waals surface area contributed by atoms with Crippen LogP contribution in [0, 0.1) is 13.8 Å². The Kier molecular flexibility index (Phi) is 3.50. The van der Waals surface area contributed by atoms with E-state index in [4.69, 9.17) is 10.5 Å². The molecule has 2 heterocycles. The van der Waals surface area contributed by atoms with Crippen molar-refractivity contribution in [3.05, 3.63) is 47.9 Å². The van der Waals surface area contributed by atoms with Crippen molar-refractivity contribution in [3.63, 3.8) is 0 Å². The van der Waals surface area contributed by atoms with Crippen molar-refractivity contribution in [2.24, 2.45) is 0 Å². The van der Waals surface area contributed by atoms with E-state index in [9.17, 15) is 0 Å². The molecule has 0 fully saturated rings. The first kappa shape index (κ1) is 14.1. The van der Waals surface area contributed by atoms with Crippen molar-refractivity contribution in [1.29, 1.82) is 0 Å². The number of aromatic nitrogens is 4. The first-order chi connectivity index (χ1) is 10.6. The average Bonchev–Trinajstić information content (AvgIpc) is 2.85. The Labute approximate surface area is 128 Å². The molecule has 0 radical (unpaired) electrons. The summed E-state index contributed by atoms with van der Waals surface area (Å²) >= 11 is 0. The summed E-state index contributed by atoms with van der Waals surface area (Å²) in [6.07, 6.45) is 0. The van der Waals surface area contributed by atoms with Crippen LogP contribution in [0.4, 0.5) is 5.82 Å². The van der Waals surface area contributed by atoms with Gasteiger partial charge in [-0.25, -0.2) is 9.97 Å². The van der Waals surface area contributed by atoms with Gasteiger partial charge in [-0.3, -0.25) is 0 Å². The van der Waals surface area contributed by atoms with Crippen molar-refractivity contribution in [2.75, 3.05) is 12.8 Å². The Morgan fingerprint density at radius 2 is 1.77 bits per heavy atom. The van der Waals surface area contributed by atoms with E-state index in [1.807, 2.05) is 50.2 Å². The largest absolute Gasteiger partial charge is 0.497 e. The molecule has 6 nitrogen and oxygen atoms in total. The fraction of sp³-hybridized carbons (Fsp3) is 0.188. The predicted octanol–water partition coefficient (Wildman–Crippen LogP) is 2.54. The Hall–Kier alpha value is -2.89. The molecule has 3 rings (SSSR count). The van der Waals surface area contributed by atoms with Crippen molar-refractivity contribution >= 4 is 5.82 Å². The van der Waals surface area contributed by atoms with Crippen LogP contribution < -0.4 is 10.5 Å². The van der Waals surface area contributed by atoms with E-state index >= 15 is 0 Å². The summed E-state index contributed by atoms with van der Waals surface area (Å²) in [7, 11) is 1.64. The fourth-order valence-corrected chi connectivity index (χ4v) is 2.27. The van der Waals surface area contributed by atoms with Crippen LogP contribution in [0.2, 0.25) is 0 Å². The molecular formula is C16H17N5O. The number of nitrogen functional groups attached to an aromatic ring is 1. The minimum absolute atomic E-state index is 0.552. The zero-order chi connectivity index (χ0) is 15.7. The summed E-state index contributed by atoms with van der Waals surface area (Å²) in [6, 6.07) is 11.4. The lowest BCUT2D eigenvalue weighted by atomic mass is 10.1. The number of methoxy groups -OCH3 is 1. The molecule has 2 N–H and O–H groups in total. The van der Waals surface area contributed by atoms with Crippen molar-refractivity contribution in [3.8, 4) is 22.8 Å². The predicted molar refractivity (Wildman–Crippen MR) is 85.0 cm³/mol. The molecule has 6 heteroatoms. The number of anilines is 1. The van der Waals surface area contributed by atoms with Crippen molar-refractivity contribution < 1.29 is 4.74 Å². The van der Waals surface area contributed by atoms with Crippen molar-refractivity contribution in [2.45, 2.75) is 13.8 Å². The van der Waals surface area contributed by atoms with Gasteiger partial charge in [-0.1, -0.05) is 0 Å². The first-order valence-electron chi connectivity index (χ1n) is 6.89. The molecule has 0 saturated carbocycles. The van der Waals surface area contributed by atoms with Crippen molar-refractivity contribution in [1.82, 2.24) is 19.7 Å². The number of nitrogens with zero attached hydrogens (tertiary/aromatic N) is 4. The summed E-state index contributed by atoms with van der Waals surface area (Å²) in [4.78, 5) is 8.91. The lowest BCUT2D eigenvalue weighted by Gasteiger charge is -2.08. The van der Waals surface area contributed by atoms with Crippen LogP contribution in [0.5, 0.6) is 5.75 Å². The molecule has 0 aliphatic heterocycles. The molecule has 2 aromatic heterocycles. The van der Waals surface area contributed by atoms with Gasteiger partial charge >= 0.3 is 0 Å². The van der Waals surface area contributed by atoms with E-state index in [-0.39, 0.29) is 0 Å². The number of rotatable bonds is 3. The van der Waals surface area contributed by atoms with Gasteiger partial charge in [0.05, 0.1) is 18.5 Å². The Morgan fingerprint density at radius 3 is 2.36 bits per heavy atom. The van der Waals surface area contributed by atoms with Gasteiger partial charge < -0.3 is 10.5 Å². The van der Waals surface area contributed by atoms with E-state index in [1.165, 1.54) is 0 Å². The highest BCUT2D eigenvalue weighted by Crippen LogP contribution is 2.23. The number of aryl methyl sites for hydroxylation is 2. The Morgan fingerprint density at radius 1 is 1.05 bits per heavy atom. The normalized spacial score (nSPS) is 10.7. The second-order valence-electron chi connectivity index (χ2n) is 5.01. The maximum atomic E-state index is 5.97. The molecule has 0 spiro atoms. The maximum absolute atomic E-state index is 5.97. The quantitative estimate of drug-likeness (QED) is 0.803. The molecule has 0 aliphatic rings. The third-order valence-electron chi connectivity index (χ3n) is 3.29. The summed E-state index contributed by atoms with van der Waals surface area (Å²) in [5.74, 6) is 2.68. The van der Waals surface area contributed by atoms with Gasteiger partial charge in [0.1, 0.15) is 17.4 Å². The van der Waals surface area contributed by atoms with Gasteiger partial charge in [0.2, 0.25) is 0 Å². The summed E-state index contributed by atoms with van der Waals surface area (Å²) in [5, 5.41) is 4.37. The Balaban J connectivity index is 2.07. The molecule has 1 aromatic carbocycles. The molecule has 112 valence electrons. The molecule has 0 aliphatic carbocycles. The number of nitrogens with two attached hydrogens (primary N) is 1. The SMILES string of the molecule is COc1ccc(-c2cc(-n3nc(C)cc3N)nc(C)n2)cc1. The second-order valence-corrected chi connectivity index (χ2v) is 5.01. The monoisotopic (exact) mass is 295 g/mol. The second kappa shape index (κ2) is 5.48. The minimum Gasteiger partial charge on any atom is -0.497 e. The van der Waals surface area contributed by atoms with Crippen LogP contribution in [0.25, 0.3) is 17.1 Å². The van der Waals surface area contributed by atoms with Crippen LogP contribution in [-0.2, 0) is 0 Å². The van der Waals surface area contributed by atoms with Gasteiger partial charge in [-0.05, 0) is 38.1 Å². The van der Waals surface area contributed by atoms with E-state index < -0.39 is 0 Å². The topological polar surface area (TPSA) is 78.9 Å².